The molecule has 0 spiro atoms. The van der Waals surface area contributed by atoms with Gasteiger partial charge in [0.1, 0.15) is 7.09 Å². The molecule has 0 amide bonds. The van der Waals surface area contributed by atoms with E-state index in [0.717, 1.165) is 14.0 Å². The fourth-order valence-corrected chi connectivity index (χ4v) is 1.27. The smallest absolute Gasteiger partial charge is 0.119 e. The molecule has 0 saturated carbocycles. The Morgan fingerprint density at radius 3 is 2.33 bits per heavy atom. The molecule has 0 saturated heterocycles. The Kier molecular flexibility index (Phi) is 3.82. The SMILES string of the molecule is CCP(=O)=PC. The molecule has 0 aromatic carbocycles. The first-order chi connectivity index (χ1) is 2.81. The summed E-state index contributed by atoms with van der Waals surface area (Å²) in [6.45, 7) is 3.86. The molecule has 0 aliphatic rings. The van der Waals surface area contributed by atoms with E-state index in [1.807, 2.05) is 13.6 Å². The van der Waals surface area contributed by atoms with Crippen LogP contribution in [0.2, 0.25) is 0 Å². The quantitative estimate of drug-likeness (QED) is 0.487. The summed E-state index contributed by atoms with van der Waals surface area (Å²) in [6, 6.07) is 0. The van der Waals surface area contributed by atoms with Crippen molar-refractivity contribution >= 4 is 15.0 Å². The van der Waals surface area contributed by atoms with Crippen LogP contribution in [0.5, 0.6) is 0 Å². The lowest BCUT2D eigenvalue weighted by Gasteiger charge is -1.67. The maximum absolute atomic E-state index is 10.3. The summed E-state index contributed by atoms with van der Waals surface area (Å²) in [5.41, 5.74) is 0. The van der Waals surface area contributed by atoms with Gasteiger partial charge in [0.05, 0.1) is 0 Å². The van der Waals surface area contributed by atoms with Gasteiger partial charge in [-0.3, -0.25) is 4.57 Å². The first-order valence-electron chi connectivity index (χ1n) is 1.85. The normalized spacial score (nSPS) is 12.0. The Balaban J connectivity index is 3.54. The van der Waals surface area contributed by atoms with Gasteiger partial charge in [0.25, 0.3) is 0 Å². The second-order valence-electron chi connectivity index (χ2n) is 0.868. The highest BCUT2D eigenvalue weighted by molar-refractivity contribution is 7.86. The molecular formula is C3H8OP2. The highest BCUT2D eigenvalue weighted by Gasteiger charge is 1.70. The highest BCUT2D eigenvalue weighted by Crippen LogP contribution is 2.17. The average molecular weight is 122 g/mol. The van der Waals surface area contributed by atoms with Crippen molar-refractivity contribution in [1.29, 1.82) is 0 Å². The Hall–Kier alpha value is 0.400. The highest BCUT2D eigenvalue weighted by atomic mass is 31.7. The van der Waals surface area contributed by atoms with Gasteiger partial charge >= 0.3 is 0 Å². The van der Waals surface area contributed by atoms with E-state index < -0.39 is 7.09 Å². The van der Waals surface area contributed by atoms with E-state index in [4.69, 9.17) is 0 Å². The van der Waals surface area contributed by atoms with E-state index in [2.05, 4.69) is 0 Å². The van der Waals surface area contributed by atoms with Crippen LogP contribution < -0.4 is 0 Å². The fraction of sp³-hybridized carbons (Fsp3) is 1.00. The van der Waals surface area contributed by atoms with Crippen molar-refractivity contribution in [3.8, 4) is 0 Å². The molecule has 1 nitrogen and oxygen atoms in total. The van der Waals surface area contributed by atoms with Crippen LogP contribution in [0, 0.1) is 0 Å². The molecule has 0 fully saturated rings. The minimum atomic E-state index is -0.854. The third-order valence-electron chi connectivity index (χ3n) is 0.494. The minimum absolute atomic E-state index is 0.827. The molecule has 3 heteroatoms. The number of hydrogen-bond donors (Lipinski definition) is 0. The van der Waals surface area contributed by atoms with Gasteiger partial charge in [0.15, 0.2) is 0 Å². The van der Waals surface area contributed by atoms with E-state index in [9.17, 15) is 4.57 Å². The zero-order valence-electron chi connectivity index (χ0n) is 4.01. The molecule has 0 heterocycles. The molecule has 36 valence electrons. The average Bonchev–Trinajstić information content (AvgIpc) is 1.65. The number of rotatable bonds is 1. The van der Waals surface area contributed by atoms with Crippen LogP contribution in [-0.4, -0.2) is 12.8 Å². The summed E-state index contributed by atoms with van der Waals surface area (Å²) in [7, 11) is 0.184. The molecule has 1 atom stereocenters. The second kappa shape index (κ2) is 3.59. The molecule has 0 rings (SSSR count). The summed E-state index contributed by atoms with van der Waals surface area (Å²) >= 11 is 0. The van der Waals surface area contributed by atoms with Gasteiger partial charge in [-0.2, -0.15) is 0 Å². The monoisotopic (exact) mass is 122 g/mol. The molecule has 1 unspecified atom stereocenters. The molecule has 6 heavy (non-hydrogen) atoms. The van der Waals surface area contributed by atoms with Crippen molar-refractivity contribution in [3.63, 3.8) is 0 Å². The minimum Gasteiger partial charge on any atom is -0.278 e. The summed E-state index contributed by atoms with van der Waals surface area (Å²) in [4.78, 5) is 0. The Labute approximate surface area is 40.2 Å². The number of hydrogen-bond acceptors (Lipinski definition) is 1. The van der Waals surface area contributed by atoms with Gasteiger partial charge in [0, 0.05) is 6.16 Å². The lowest BCUT2D eigenvalue weighted by molar-refractivity contribution is 0.598. The Morgan fingerprint density at radius 2 is 2.33 bits per heavy atom. The van der Waals surface area contributed by atoms with E-state index >= 15 is 0 Å². The molecule has 0 aliphatic heterocycles. The second-order valence-corrected chi connectivity index (χ2v) is 5.14. The van der Waals surface area contributed by atoms with E-state index in [0.29, 0.717) is 0 Å². The maximum Gasteiger partial charge on any atom is 0.119 e. The van der Waals surface area contributed by atoms with Crippen molar-refractivity contribution in [2.75, 3.05) is 12.8 Å². The largest absolute Gasteiger partial charge is 0.278 e. The van der Waals surface area contributed by atoms with Gasteiger partial charge in [-0.1, -0.05) is 6.92 Å². The van der Waals surface area contributed by atoms with E-state index in [1.165, 1.54) is 0 Å². The molecule has 0 aromatic heterocycles. The van der Waals surface area contributed by atoms with E-state index in [-0.39, 0.29) is 0 Å². The molecule has 0 aromatic rings. The zero-order chi connectivity index (χ0) is 4.99. The zero-order valence-corrected chi connectivity index (χ0v) is 5.80. The predicted molar refractivity (Wildman–Crippen MR) is 31.0 cm³/mol. The summed E-state index contributed by atoms with van der Waals surface area (Å²) in [5.74, 6) is 0. The summed E-state index contributed by atoms with van der Waals surface area (Å²) in [6.07, 6.45) is 0.827. The standard InChI is InChI=1S/C3H8OP2/c1-3-6(4)5-2/h3H2,1-2H3. The maximum atomic E-state index is 10.3. The van der Waals surface area contributed by atoms with Gasteiger partial charge < -0.3 is 0 Å². The lowest BCUT2D eigenvalue weighted by atomic mass is 11.0. The van der Waals surface area contributed by atoms with Crippen LogP contribution in [0.25, 0.3) is 0 Å². The van der Waals surface area contributed by atoms with Gasteiger partial charge in [-0.05, 0) is 14.5 Å². The molecule has 0 radical (unpaired) electrons. The Morgan fingerprint density at radius 1 is 1.83 bits per heavy atom. The first-order valence-corrected chi connectivity index (χ1v) is 5.35. The van der Waals surface area contributed by atoms with Gasteiger partial charge in [-0.15, -0.1) is 0 Å². The predicted octanol–water partition coefficient (Wildman–Crippen LogP) is 2.32. The third kappa shape index (κ3) is 2.63. The summed E-state index contributed by atoms with van der Waals surface area (Å²) < 4.78 is 10.3. The Bertz CT molecular complexity index is 91.0. The molecule has 0 N–H and O–H groups in total. The first kappa shape index (κ1) is 6.40. The molecular weight excluding hydrogens is 114 g/mol. The van der Waals surface area contributed by atoms with Crippen LogP contribution in [0.1, 0.15) is 6.92 Å². The van der Waals surface area contributed by atoms with Crippen LogP contribution in [0.15, 0.2) is 0 Å². The van der Waals surface area contributed by atoms with Crippen molar-refractivity contribution < 1.29 is 4.57 Å². The fourth-order valence-electron chi connectivity index (χ4n) is 0.141. The topological polar surface area (TPSA) is 17.1 Å². The third-order valence-corrected chi connectivity index (χ3v) is 3.67. The van der Waals surface area contributed by atoms with Crippen molar-refractivity contribution in [1.82, 2.24) is 0 Å². The van der Waals surface area contributed by atoms with Gasteiger partial charge in [0.2, 0.25) is 0 Å². The molecule has 0 bridgehead atoms. The van der Waals surface area contributed by atoms with Crippen molar-refractivity contribution in [2.24, 2.45) is 0 Å². The van der Waals surface area contributed by atoms with Crippen molar-refractivity contribution in [3.05, 3.63) is 0 Å². The van der Waals surface area contributed by atoms with Crippen LogP contribution in [0.4, 0.5) is 0 Å². The van der Waals surface area contributed by atoms with Crippen molar-refractivity contribution in [2.45, 2.75) is 6.92 Å². The van der Waals surface area contributed by atoms with E-state index in [1.54, 1.807) is 0 Å². The van der Waals surface area contributed by atoms with Crippen LogP contribution in [0.3, 0.4) is 0 Å². The molecule has 0 aliphatic carbocycles. The lowest BCUT2D eigenvalue weighted by Crippen LogP contribution is -1.45. The van der Waals surface area contributed by atoms with Crippen LogP contribution >= 0.6 is 15.0 Å². The summed E-state index contributed by atoms with van der Waals surface area (Å²) in [5, 5.41) is 0. The van der Waals surface area contributed by atoms with Crippen LogP contribution in [-0.2, 0) is 4.57 Å². The van der Waals surface area contributed by atoms with Gasteiger partial charge in [-0.25, -0.2) is 0 Å².